The molecule has 1 fully saturated rings. The molecule has 1 aliphatic carbocycles. The first-order valence-corrected chi connectivity index (χ1v) is 6.36. The summed E-state index contributed by atoms with van der Waals surface area (Å²) in [4.78, 5) is 11.2. The zero-order chi connectivity index (χ0) is 11.9. The lowest BCUT2D eigenvalue weighted by molar-refractivity contribution is -0.120. The molecule has 0 heterocycles. The smallest absolute Gasteiger partial charge is 0.233 e. The Hall–Kier alpha value is -0.610. The number of hydrogen-bond acceptors (Lipinski definition) is 3. The van der Waals surface area contributed by atoms with Gasteiger partial charge in [0.2, 0.25) is 5.91 Å². The highest BCUT2D eigenvalue weighted by Crippen LogP contribution is 2.26. The molecule has 0 radical (unpaired) electrons. The van der Waals surface area contributed by atoms with E-state index in [-0.39, 0.29) is 5.91 Å². The van der Waals surface area contributed by atoms with Crippen LogP contribution in [-0.2, 0) is 4.79 Å². The molecule has 1 rings (SSSR count). The van der Waals surface area contributed by atoms with Crippen molar-refractivity contribution in [3.63, 3.8) is 0 Å². The van der Waals surface area contributed by atoms with Crippen LogP contribution < -0.4 is 10.6 Å². The van der Waals surface area contributed by atoms with E-state index in [1.807, 2.05) is 6.92 Å². The SMILES string of the molecule is CCNC(=O)CNCC1(O)CCCCCC1. The predicted octanol–water partition coefficient (Wildman–Crippen LogP) is 0.797. The minimum atomic E-state index is -0.594. The minimum absolute atomic E-state index is 0.000257. The summed E-state index contributed by atoms with van der Waals surface area (Å²) in [5.74, 6) is -0.000257. The minimum Gasteiger partial charge on any atom is -0.389 e. The van der Waals surface area contributed by atoms with Gasteiger partial charge in [0.1, 0.15) is 0 Å². The third-order valence-corrected chi connectivity index (χ3v) is 3.15. The Morgan fingerprint density at radius 1 is 1.25 bits per heavy atom. The topological polar surface area (TPSA) is 61.4 Å². The first kappa shape index (κ1) is 13.5. The van der Waals surface area contributed by atoms with Crippen molar-refractivity contribution in [2.75, 3.05) is 19.6 Å². The molecule has 94 valence electrons. The highest BCUT2D eigenvalue weighted by atomic mass is 16.3. The van der Waals surface area contributed by atoms with Gasteiger partial charge in [-0.25, -0.2) is 0 Å². The van der Waals surface area contributed by atoms with Crippen LogP contribution in [0.3, 0.4) is 0 Å². The second-order valence-corrected chi connectivity index (χ2v) is 4.70. The fourth-order valence-electron chi connectivity index (χ4n) is 2.23. The van der Waals surface area contributed by atoms with Crippen LogP contribution in [0.1, 0.15) is 45.4 Å². The van der Waals surface area contributed by atoms with E-state index in [0.29, 0.717) is 19.6 Å². The summed E-state index contributed by atoms with van der Waals surface area (Å²) in [6.07, 6.45) is 6.35. The first-order valence-electron chi connectivity index (χ1n) is 6.36. The molecule has 0 aliphatic heterocycles. The molecule has 1 aliphatic rings. The Bertz CT molecular complexity index is 211. The molecule has 0 saturated heterocycles. The summed E-state index contributed by atoms with van der Waals surface area (Å²) in [5.41, 5.74) is -0.594. The molecule has 0 aromatic heterocycles. The Morgan fingerprint density at radius 3 is 2.44 bits per heavy atom. The summed E-state index contributed by atoms with van der Waals surface area (Å²) < 4.78 is 0. The monoisotopic (exact) mass is 228 g/mol. The molecule has 0 aromatic rings. The van der Waals surface area contributed by atoms with Crippen LogP contribution in [0.4, 0.5) is 0 Å². The van der Waals surface area contributed by atoms with Crippen molar-refractivity contribution in [2.24, 2.45) is 0 Å². The zero-order valence-corrected chi connectivity index (χ0v) is 10.2. The fraction of sp³-hybridized carbons (Fsp3) is 0.917. The zero-order valence-electron chi connectivity index (χ0n) is 10.2. The number of carbonyl (C=O) groups excluding carboxylic acids is 1. The van der Waals surface area contributed by atoms with E-state index in [0.717, 1.165) is 25.7 Å². The average molecular weight is 228 g/mol. The number of amides is 1. The molecule has 4 nitrogen and oxygen atoms in total. The molecular weight excluding hydrogens is 204 g/mol. The molecule has 1 amide bonds. The van der Waals surface area contributed by atoms with E-state index in [2.05, 4.69) is 10.6 Å². The molecule has 0 atom stereocenters. The normalized spacial score (nSPS) is 20.1. The van der Waals surface area contributed by atoms with Crippen LogP contribution >= 0.6 is 0 Å². The lowest BCUT2D eigenvalue weighted by atomic mass is 9.94. The van der Waals surface area contributed by atoms with E-state index in [9.17, 15) is 9.90 Å². The second-order valence-electron chi connectivity index (χ2n) is 4.70. The maximum atomic E-state index is 11.2. The lowest BCUT2D eigenvalue weighted by Gasteiger charge is -2.26. The van der Waals surface area contributed by atoms with Gasteiger partial charge in [-0.3, -0.25) is 4.79 Å². The van der Waals surface area contributed by atoms with Gasteiger partial charge in [-0.2, -0.15) is 0 Å². The van der Waals surface area contributed by atoms with Crippen LogP contribution in [-0.4, -0.2) is 36.2 Å². The molecular formula is C12H24N2O2. The van der Waals surface area contributed by atoms with Crippen molar-refractivity contribution in [3.05, 3.63) is 0 Å². The van der Waals surface area contributed by atoms with Gasteiger partial charge in [-0.15, -0.1) is 0 Å². The summed E-state index contributed by atoms with van der Waals surface area (Å²) in [5, 5.41) is 16.1. The van der Waals surface area contributed by atoms with Gasteiger partial charge in [0.05, 0.1) is 12.1 Å². The summed E-state index contributed by atoms with van der Waals surface area (Å²) in [6, 6.07) is 0. The van der Waals surface area contributed by atoms with Crippen molar-refractivity contribution in [2.45, 2.75) is 51.0 Å². The molecule has 1 saturated carbocycles. The Balaban J connectivity index is 2.21. The van der Waals surface area contributed by atoms with Gasteiger partial charge in [0.15, 0.2) is 0 Å². The maximum Gasteiger partial charge on any atom is 0.233 e. The van der Waals surface area contributed by atoms with Crippen molar-refractivity contribution in [1.82, 2.24) is 10.6 Å². The van der Waals surface area contributed by atoms with Crippen LogP contribution in [0.2, 0.25) is 0 Å². The van der Waals surface area contributed by atoms with E-state index in [1.54, 1.807) is 0 Å². The molecule has 0 unspecified atom stereocenters. The van der Waals surface area contributed by atoms with E-state index in [4.69, 9.17) is 0 Å². The van der Waals surface area contributed by atoms with Crippen molar-refractivity contribution >= 4 is 5.91 Å². The Morgan fingerprint density at radius 2 is 1.88 bits per heavy atom. The number of likely N-dealkylation sites (N-methyl/N-ethyl adjacent to an activating group) is 1. The number of aliphatic hydroxyl groups is 1. The van der Waals surface area contributed by atoms with E-state index < -0.39 is 5.60 Å². The molecule has 3 N–H and O–H groups in total. The Kier molecular flexibility index (Phi) is 5.77. The van der Waals surface area contributed by atoms with Crippen LogP contribution in [0.15, 0.2) is 0 Å². The van der Waals surface area contributed by atoms with Crippen LogP contribution in [0.5, 0.6) is 0 Å². The molecule has 0 bridgehead atoms. The molecule has 16 heavy (non-hydrogen) atoms. The first-order chi connectivity index (χ1) is 7.66. The third-order valence-electron chi connectivity index (χ3n) is 3.15. The highest BCUT2D eigenvalue weighted by molar-refractivity contribution is 5.77. The van der Waals surface area contributed by atoms with Gasteiger partial charge in [0, 0.05) is 13.1 Å². The van der Waals surface area contributed by atoms with Gasteiger partial charge in [-0.05, 0) is 19.8 Å². The van der Waals surface area contributed by atoms with Gasteiger partial charge >= 0.3 is 0 Å². The summed E-state index contributed by atoms with van der Waals surface area (Å²) >= 11 is 0. The number of nitrogens with one attached hydrogen (secondary N) is 2. The molecule has 0 aromatic carbocycles. The summed E-state index contributed by atoms with van der Waals surface area (Å²) in [6.45, 7) is 3.39. The molecule has 0 spiro atoms. The standard InChI is InChI=1S/C12H24N2O2/c1-2-14-11(15)9-13-10-12(16)7-5-3-4-6-8-12/h13,16H,2-10H2,1H3,(H,14,15). The molecule has 4 heteroatoms. The van der Waals surface area contributed by atoms with Gasteiger partial charge in [-0.1, -0.05) is 25.7 Å². The second kappa shape index (κ2) is 6.86. The largest absolute Gasteiger partial charge is 0.389 e. The lowest BCUT2D eigenvalue weighted by Crippen LogP contribution is -2.43. The predicted molar refractivity (Wildman–Crippen MR) is 64.2 cm³/mol. The van der Waals surface area contributed by atoms with E-state index >= 15 is 0 Å². The maximum absolute atomic E-state index is 11.2. The van der Waals surface area contributed by atoms with Crippen LogP contribution in [0.25, 0.3) is 0 Å². The fourth-order valence-corrected chi connectivity index (χ4v) is 2.23. The average Bonchev–Trinajstić information content (AvgIpc) is 2.44. The number of rotatable bonds is 5. The third kappa shape index (κ3) is 4.94. The van der Waals surface area contributed by atoms with Gasteiger partial charge in [0.25, 0.3) is 0 Å². The highest BCUT2D eigenvalue weighted by Gasteiger charge is 2.27. The van der Waals surface area contributed by atoms with Crippen molar-refractivity contribution in [3.8, 4) is 0 Å². The van der Waals surface area contributed by atoms with Crippen molar-refractivity contribution < 1.29 is 9.90 Å². The summed E-state index contributed by atoms with van der Waals surface area (Å²) in [7, 11) is 0. The van der Waals surface area contributed by atoms with Gasteiger partial charge < -0.3 is 15.7 Å². The quantitative estimate of drug-likeness (QED) is 0.610. The number of carbonyl (C=O) groups is 1. The number of hydrogen-bond donors (Lipinski definition) is 3. The van der Waals surface area contributed by atoms with E-state index in [1.165, 1.54) is 12.8 Å². The van der Waals surface area contributed by atoms with Crippen molar-refractivity contribution in [1.29, 1.82) is 0 Å². The Labute approximate surface area is 97.8 Å². The van der Waals surface area contributed by atoms with Crippen LogP contribution in [0, 0.1) is 0 Å².